The second-order valence-electron chi connectivity index (χ2n) is 6.34. The van der Waals surface area contributed by atoms with E-state index in [9.17, 15) is 13.2 Å². The Morgan fingerprint density at radius 2 is 2.05 bits per heavy atom. The largest absolute Gasteiger partial charge is 0.340 e. The van der Waals surface area contributed by atoms with E-state index in [1.54, 1.807) is 15.6 Å². The van der Waals surface area contributed by atoms with E-state index < -0.39 is 10.0 Å². The van der Waals surface area contributed by atoms with E-state index in [-0.39, 0.29) is 11.4 Å². The van der Waals surface area contributed by atoms with Crippen LogP contribution in [-0.4, -0.2) is 55.0 Å². The number of likely N-dealkylation sites (tertiary alicyclic amines) is 1. The number of piperidine rings is 1. The van der Waals surface area contributed by atoms with Gasteiger partial charge in [0.15, 0.2) is 0 Å². The van der Waals surface area contributed by atoms with Gasteiger partial charge < -0.3 is 4.90 Å². The second-order valence-corrected chi connectivity index (χ2v) is 9.28. The van der Waals surface area contributed by atoms with E-state index in [0.29, 0.717) is 19.5 Å². The van der Waals surface area contributed by atoms with Gasteiger partial charge in [0.2, 0.25) is 15.9 Å². The van der Waals surface area contributed by atoms with Crippen molar-refractivity contribution < 1.29 is 13.2 Å². The fourth-order valence-electron chi connectivity index (χ4n) is 3.84. The lowest BCUT2D eigenvalue weighted by atomic mass is 9.87. The molecule has 1 spiro atoms. The van der Waals surface area contributed by atoms with Crippen LogP contribution in [0.4, 0.5) is 0 Å². The zero-order chi connectivity index (χ0) is 15.8. The zero-order valence-electron chi connectivity index (χ0n) is 12.8. The first-order valence-electron chi connectivity index (χ1n) is 7.69. The highest BCUT2D eigenvalue weighted by Gasteiger charge is 2.48. The Kier molecular flexibility index (Phi) is 4.31. The van der Waals surface area contributed by atoms with E-state index in [2.05, 4.69) is 0 Å². The average molecular weight is 342 g/mol. The quantitative estimate of drug-likeness (QED) is 0.840. The predicted molar refractivity (Wildman–Crippen MR) is 87.4 cm³/mol. The molecule has 0 aromatic carbocycles. The van der Waals surface area contributed by atoms with Gasteiger partial charge in [0, 0.05) is 24.5 Å². The standard InChI is InChI=1S/C15H22N2O3S2/c1-22(19,20)17-9-4-7-15(17)6-3-8-16(12-15)14(18)11-13-5-2-10-21-13/h2,5,10H,3-4,6-9,11-12H2,1H3/t15-/m1/s1. The Hall–Kier alpha value is -0.920. The van der Waals surface area contributed by atoms with Gasteiger partial charge in [0.25, 0.3) is 0 Å². The third-order valence-electron chi connectivity index (χ3n) is 4.75. The Morgan fingerprint density at radius 1 is 1.32 bits per heavy atom. The molecule has 2 aliphatic heterocycles. The van der Waals surface area contributed by atoms with Crippen LogP contribution in [0.15, 0.2) is 17.5 Å². The fourth-order valence-corrected chi connectivity index (χ4v) is 5.94. The van der Waals surface area contributed by atoms with Gasteiger partial charge in [-0.05, 0) is 37.1 Å². The molecule has 5 nitrogen and oxygen atoms in total. The molecule has 22 heavy (non-hydrogen) atoms. The van der Waals surface area contributed by atoms with Crippen LogP contribution >= 0.6 is 11.3 Å². The summed E-state index contributed by atoms with van der Waals surface area (Å²) < 4.78 is 25.8. The Labute approximate surface area is 136 Å². The first-order chi connectivity index (χ1) is 10.4. The third-order valence-corrected chi connectivity index (χ3v) is 6.99. The van der Waals surface area contributed by atoms with Gasteiger partial charge in [-0.3, -0.25) is 4.79 Å². The van der Waals surface area contributed by atoms with E-state index in [4.69, 9.17) is 0 Å². The summed E-state index contributed by atoms with van der Waals surface area (Å²) in [5, 5.41) is 1.97. The highest BCUT2D eigenvalue weighted by molar-refractivity contribution is 7.88. The summed E-state index contributed by atoms with van der Waals surface area (Å²) >= 11 is 1.59. The van der Waals surface area contributed by atoms with Crippen molar-refractivity contribution in [3.8, 4) is 0 Å². The summed E-state index contributed by atoms with van der Waals surface area (Å²) in [5.41, 5.74) is -0.364. The minimum absolute atomic E-state index is 0.113. The van der Waals surface area contributed by atoms with Crippen molar-refractivity contribution in [2.24, 2.45) is 0 Å². The molecule has 2 aliphatic rings. The van der Waals surface area contributed by atoms with Crippen molar-refractivity contribution in [3.63, 3.8) is 0 Å². The summed E-state index contributed by atoms with van der Waals surface area (Å²) in [6.07, 6.45) is 5.20. The molecule has 1 amide bonds. The van der Waals surface area contributed by atoms with Crippen molar-refractivity contribution in [1.29, 1.82) is 0 Å². The Morgan fingerprint density at radius 3 is 2.68 bits per heavy atom. The van der Waals surface area contributed by atoms with Crippen molar-refractivity contribution in [2.75, 3.05) is 25.9 Å². The van der Waals surface area contributed by atoms with Gasteiger partial charge in [-0.1, -0.05) is 6.07 Å². The molecule has 0 saturated carbocycles. The van der Waals surface area contributed by atoms with Gasteiger partial charge in [-0.25, -0.2) is 8.42 Å². The van der Waals surface area contributed by atoms with E-state index in [1.807, 2.05) is 22.4 Å². The SMILES string of the molecule is CS(=O)(=O)N1CCC[C@@]12CCCN(C(=O)Cc1cccs1)C2. The number of carbonyl (C=O) groups excluding carboxylic acids is 1. The first-order valence-corrected chi connectivity index (χ1v) is 10.4. The zero-order valence-corrected chi connectivity index (χ0v) is 14.5. The maximum Gasteiger partial charge on any atom is 0.227 e. The number of hydrogen-bond donors (Lipinski definition) is 0. The second kappa shape index (κ2) is 5.94. The molecule has 3 rings (SSSR count). The molecule has 7 heteroatoms. The van der Waals surface area contributed by atoms with E-state index in [0.717, 1.165) is 37.1 Å². The normalized spacial score (nSPS) is 26.7. The van der Waals surface area contributed by atoms with Crippen LogP contribution in [0.2, 0.25) is 0 Å². The van der Waals surface area contributed by atoms with Crippen LogP contribution in [0.1, 0.15) is 30.6 Å². The molecule has 0 radical (unpaired) electrons. The summed E-state index contributed by atoms with van der Waals surface area (Å²) in [7, 11) is -3.21. The lowest BCUT2D eigenvalue weighted by Gasteiger charge is -2.44. The maximum atomic E-state index is 12.5. The molecule has 0 unspecified atom stereocenters. The molecule has 0 bridgehead atoms. The van der Waals surface area contributed by atoms with Crippen molar-refractivity contribution in [1.82, 2.24) is 9.21 Å². The molecule has 3 heterocycles. The number of thiophene rings is 1. The molecule has 1 atom stereocenters. The highest BCUT2D eigenvalue weighted by Crippen LogP contribution is 2.38. The lowest BCUT2D eigenvalue weighted by molar-refractivity contribution is -0.133. The van der Waals surface area contributed by atoms with E-state index >= 15 is 0 Å². The molecule has 2 fully saturated rings. The van der Waals surface area contributed by atoms with Crippen LogP contribution in [0.25, 0.3) is 0 Å². The molecular formula is C15H22N2O3S2. The Balaban J connectivity index is 1.75. The third kappa shape index (κ3) is 3.07. The first kappa shape index (κ1) is 16.0. The number of hydrogen-bond acceptors (Lipinski definition) is 4. The van der Waals surface area contributed by atoms with Crippen molar-refractivity contribution >= 4 is 27.3 Å². The van der Waals surface area contributed by atoms with E-state index in [1.165, 1.54) is 6.26 Å². The van der Waals surface area contributed by atoms with Crippen LogP contribution in [0.3, 0.4) is 0 Å². The topological polar surface area (TPSA) is 57.7 Å². The maximum absolute atomic E-state index is 12.5. The number of amides is 1. The Bertz CT molecular complexity index is 642. The molecular weight excluding hydrogens is 320 g/mol. The molecule has 2 saturated heterocycles. The van der Waals surface area contributed by atoms with Gasteiger partial charge >= 0.3 is 0 Å². The minimum Gasteiger partial charge on any atom is -0.340 e. The van der Waals surface area contributed by atoms with Crippen LogP contribution in [-0.2, 0) is 21.2 Å². The van der Waals surface area contributed by atoms with Crippen molar-refractivity contribution in [3.05, 3.63) is 22.4 Å². The molecule has 1 aromatic rings. The van der Waals surface area contributed by atoms with Crippen LogP contribution < -0.4 is 0 Å². The summed E-state index contributed by atoms with van der Waals surface area (Å²) in [5.74, 6) is 0.113. The molecule has 0 aliphatic carbocycles. The van der Waals surface area contributed by atoms with Crippen LogP contribution in [0.5, 0.6) is 0 Å². The smallest absolute Gasteiger partial charge is 0.227 e. The summed E-state index contributed by atoms with van der Waals surface area (Å²) in [6.45, 7) is 1.87. The fraction of sp³-hybridized carbons (Fsp3) is 0.667. The summed E-state index contributed by atoms with van der Waals surface area (Å²) in [4.78, 5) is 15.5. The van der Waals surface area contributed by atoms with Gasteiger partial charge in [-0.15, -0.1) is 11.3 Å². The average Bonchev–Trinajstić information content (AvgIpc) is 3.08. The van der Waals surface area contributed by atoms with Gasteiger partial charge in [0.1, 0.15) is 0 Å². The number of rotatable bonds is 3. The van der Waals surface area contributed by atoms with Gasteiger partial charge in [0.05, 0.1) is 18.2 Å². The summed E-state index contributed by atoms with van der Waals surface area (Å²) in [6, 6.07) is 3.92. The monoisotopic (exact) mass is 342 g/mol. The number of carbonyl (C=O) groups is 1. The number of nitrogens with zero attached hydrogens (tertiary/aromatic N) is 2. The molecule has 122 valence electrons. The predicted octanol–water partition coefficient (Wildman–Crippen LogP) is 1.71. The molecule has 1 aromatic heterocycles. The van der Waals surface area contributed by atoms with Crippen LogP contribution in [0, 0.1) is 0 Å². The van der Waals surface area contributed by atoms with Crippen molar-refractivity contribution in [2.45, 2.75) is 37.6 Å². The van der Waals surface area contributed by atoms with Gasteiger partial charge in [-0.2, -0.15) is 4.31 Å². The molecule has 0 N–H and O–H groups in total. The highest BCUT2D eigenvalue weighted by atomic mass is 32.2. The number of sulfonamides is 1. The minimum atomic E-state index is -3.21. The lowest BCUT2D eigenvalue weighted by Crippen LogP contribution is -2.58.